The number of benzene rings is 1. The van der Waals surface area contributed by atoms with Crippen LogP contribution in [0, 0.1) is 0 Å². The van der Waals surface area contributed by atoms with E-state index in [0.717, 1.165) is 30.0 Å². The summed E-state index contributed by atoms with van der Waals surface area (Å²) in [7, 11) is 0. The maximum atomic E-state index is 9.64. The van der Waals surface area contributed by atoms with Crippen molar-refractivity contribution >= 4 is 16.6 Å². The van der Waals surface area contributed by atoms with E-state index in [1.54, 1.807) is 12.1 Å². The average Bonchev–Trinajstić information content (AvgIpc) is 3.09. The Morgan fingerprint density at radius 1 is 1.00 bits per heavy atom. The van der Waals surface area contributed by atoms with Crippen LogP contribution in [0.5, 0.6) is 5.75 Å². The van der Waals surface area contributed by atoms with Crippen LogP contribution < -0.4 is 4.90 Å². The molecule has 2 fully saturated rings. The molecule has 4 heteroatoms. The summed E-state index contributed by atoms with van der Waals surface area (Å²) >= 11 is 0. The molecule has 0 saturated carbocycles. The van der Waals surface area contributed by atoms with E-state index in [-0.39, 0.29) is 0 Å². The molecule has 116 valence electrons. The second-order valence-electron chi connectivity index (χ2n) is 6.53. The number of aromatic hydroxyl groups is 1. The van der Waals surface area contributed by atoms with Gasteiger partial charge in [-0.25, -0.2) is 0 Å². The van der Waals surface area contributed by atoms with Crippen LogP contribution in [0.2, 0.25) is 0 Å². The minimum absolute atomic E-state index is 0.305. The Balaban J connectivity index is 1.48. The molecular weight excluding hydrogens is 274 g/mol. The maximum Gasteiger partial charge on any atom is 0.116 e. The molecule has 0 aliphatic carbocycles. The first kappa shape index (κ1) is 13.8. The molecule has 0 bridgehead atoms. The van der Waals surface area contributed by atoms with Gasteiger partial charge in [0.05, 0.1) is 17.4 Å². The van der Waals surface area contributed by atoms with Gasteiger partial charge in [-0.15, -0.1) is 0 Å². The first-order valence-corrected chi connectivity index (χ1v) is 8.37. The molecular formula is C18H23N3O. The Hall–Kier alpha value is -1.81. The molecule has 3 heterocycles. The number of hydrogen-bond acceptors (Lipinski definition) is 4. The van der Waals surface area contributed by atoms with E-state index in [9.17, 15) is 5.11 Å². The number of phenolic OH excluding ortho intramolecular Hbond substituents is 1. The van der Waals surface area contributed by atoms with Crippen LogP contribution in [0.3, 0.4) is 0 Å². The number of fused-ring (bicyclic) bond motifs is 1. The summed E-state index contributed by atoms with van der Waals surface area (Å²) in [6, 6.07) is 8.28. The molecule has 2 saturated heterocycles. The van der Waals surface area contributed by atoms with Gasteiger partial charge in [-0.05, 0) is 63.0 Å². The Kier molecular flexibility index (Phi) is 3.62. The zero-order chi connectivity index (χ0) is 14.9. The maximum absolute atomic E-state index is 9.64. The van der Waals surface area contributed by atoms with Crippen LogP contribution in [0.4, 0.5) is 5.69 Å². The standard InChI is InChI=1S/C18H23N3O/c22-17-3-4-18-14(12-17)11-16(13-19-18)21-9-5-15(6-10-21)20-7-1-2-8-20/h3-4,11-13,15,22H,1-2,5-10H2. The molecule has 2 aromatic rings. The van der Waals surface area contributed by atoms with Crippen LogP contribution in [0.15, 0.2) is 30.5 Å². The summed E-state index contributed by atoms with van der Waals surface area (Å²) in [4.78, 5) is 9.64. The van der Waals surface area contributed by atoms with Gasteiger partial charge in [0, 0.05) is 24.5 Å². The largest absolute Gasteiger partial charge is 0.508 e. The third kappa shape index (κ3) is 2.63. The van der Waals surface area contributed by atoms with Gasteiger partial charge in [0.25, 0.3) is 0 Å². The SMILES string of the molecule is Oc1ccc2ncc(N3CCC(N4CCCC4)CC3)cc2c1. The van der Waals surface area contributed by atoms with E-state index in [4.69, 9.17) is 0 Å². The lowest BCUT2D eigenvalue weighted by Gasteiger charge is -2.37. The fourth-order valence-corrected chi connectivity index (χ4v) is 3.88. The van der Waals surface area contributed by atoms with E-state index in [1.807, 2.05) is 12.3 Å². The molecule has 0 atom stereocenters. The Morgan fingerprint density at radius 3 is 2.55 bits per heavy atom. The second-order valence-corrected chi connectivity index (χ2v) is 6.53. The fraction of sp³-hybridized carbons (Fsp3) is 0.500. The first-order chi connectivity index (χ1) is 10.8. The summed E-state index contributed by atoms with van der Waals surface area (Å²) in [5.74, 6) is 0.305. The number of phenols is 1. The summed E-state index contributed by atoms with van der Waals surface area (Å²) < 4.78 is 0. The van der Waals surface area contributed by atoms with E-state index in [0.29, 0.717) is 5.75 Å². The number of rotatable bonds is 2. The average molecular weight is 297 g/mol. The molecule has 0 amide bonds. The summed E-state index contributed by atoms with van der Waals surface area (Å²) in [5, 5.41) is 10.7. The predicted octanol–water partition coefficient (Wildman–Crippen LogP) is 3.01. The smallest absolute Gasteiger partial charge is 0.116 e. The first-order valence-electron chi connectivity index (χ1n) is 8.37. The molecule has 4 nitrogen and oxygen atoms in total. The lowest BCUT2D eigenvalue weighted by molar-refractivity contribution is 0.208. The van der Waals surface area contributed by atoms with E-state index in [1.165, 1.54) is 44.5 Å². The van der Waals surface area contributed by atoms with Gasteiger partial charge in [-0.3, -0.25) is 4.98 Å². The zero-order valence-corrected chi connectivity index (χ0v) is 12.9. The van der Waals surface area contributed by atoms with Gasteiger partial charge in [0.2, 0.25) is 0 Å². The highest BCUT2D eigenvalue weighted by atomic mass is 16.3. The normalized spacial score (nSPS) is 20.8. The Bertz CT molecular complexity index is 658. The minimum Gasteiger partial charge on any atom is -0.508 e. The van der Waals surface area contributed by atoms with Crippen molar-refractivity contribution in [3.05, 3.63) is 30.5 Å². The number of piperidine rings is 1. The Morgan fingerprint density at radius 2 is 1.77 bits per heavy atom. The van der Waals surface area contributed by atoms with Crippen LogP contribution in [0.1, 0.15) is 25.7 Å². The van der Waals surface area contributed by atoms with Crippen molar-refractivity contribution in [3.63, 3.8) is 0 Å². The lowest BCUT2D eigenvalue weighted by atomic mass is 10.0. The van der Waals surface area contributed by atoms with Gasteiger partial charge < -0.3 is 14.9 Å². The molecule has 22 heavy (non-hydrogen) atoms. The highest BCUT2D eigenvalue weighted by Gasteiger charge is 2.26. The Labute approximate surface area is 131 Å². The van der Waals surface area contributed by atoms with Crippen molar-refractivity contribution in [3.8, 4) is 5.75 Å². The van der Waals surface area contributed by atoms with Gasteiger partial charge in [-0.2, -0.15) is 0 Å². The molecule has 1 aromatic carbocycles. The third-order valence-corrected chi connectivity index (χ3v) is 5.14. The topological polar surface area (TPSA) is 39.6 Å². The molecule has 0 radical (unpaired) electrons. The lowest BCUT2D eigenvalue weighted by Crippen LogP contribution is -2.43. The van der Waals surface area contributed by atoms with Crippen molar-refractivity contribution in [2.75, 3.05) is 31.1 Å². The van der Waals surface area contributed by atoms with E-state index >= 15 is 0 Å². The van der Waals surface area contributed by atoms with E-state index < -0.39 is 0 Å². The van der Waals surface area contributed by atoms with Crippen molar-refractivity contribution in [2.45, 2.75) is 31.7 Å². The number of aromatic nitrogens is 1. The summed E-state index contributed by atoms with van der Waals surface area (Å²) in [5.41, 5.74) is 2.12. The number of nitrogens with zero attached hydrogens (tertiary/aromatic N) is 3. The highest BCUT2D eigenvalue weighted by molar-refractivity contribution is 5.83. The summed E-state index contributed by atoms with van der Waals surface area (Å²) in [6.45, 7) is 4.79. The van der Waals surface area contributed by atoms with Crippen LogP contribution in [0.25, 0.3) is 10.9 Å². The van der Waals surface area contributed by atoms with Crippen molar-refractivity contribution < 1.29 is 5.11 Å². The molecule has 2 aliphatic heterocycles. The van der Waals surface area contributed by atoms with Crippen molar-refractivity contribution in [1.82, 2.24) is 9.88 Å². The molecule has 4 rings (SSSR count). The number of likely N-dealkylation sites (tertiary alicyclic amines) is 1. The van der Waals surface area contributed by atoms with E-state index in [2.05, 4.69) is 20.9 Å². The monoisotopic (exact) mass is 297 g/mol. The molecule has 2 aliphatic rings. The van der Waals surface area contributed by atoms with Crippen molar-refractivity contribution in [1.29, 1.82) is 0 Å². The van der Waals surface area contributed by atoms with Crippen LogP contribution in [-0.2, 0) is 0 Å². The third-order valence-electron chi connectivity index (χ3n) is 5.14. The second kappa shape index (κ2) is 5.76. The molecule has 0 unspecified atom stereocenters. The minimum atomic E-state index is 0.305. The molecule has 0 spiro atoms. The highest BCUT2D eigenvalue weighted by Crippen LogP contribution is 2.27. The van der Waals surface area contributed by atoms with Gasteiger partial charge in [0.15, 0.2) is 0 Å². The van der Waals surface area contributed by atoms with Crippen molar-refractivity contribution in [2.24, 2.45) is 0 Å². The zero-order valence-electron chi connectivity index (χ0n) is 12.9. The summed E-state index contributed by atoms with van der Waals surface area (Å²) in [6.07, 6.45) is 7.21. The molecule has 1 N–H and O–H groups in total. The predicted molar refractivity (Wildman–Crippen MR) is 89.4 cm³/mol. The van der Waals surface area contributed by atoms with Crippen LogP contribution in [-0.4, -0.2) is 47.2 Å². The van der Waals surface area contributed by atoms with Gasteiger partial charge in [-0.1, -0.05) is 0 Å². The number of hydrogen-bond donors (Lipinski definition) is 1. The van der Waals surface area contributed by atoms with Crippen LogP contribution >= 0.6 is 0 Å². The number of pyridine rings is 1. The molecule has 1 aromatic heterocycles. The number of anilines is 1. The van der Waals surface area contributed by atoms with Gasteiger partial charge >= 0.3 is 0 Å². The quantitative estimate of drug-likeness (QED) is 0.925. The fourth-order valence-electron chi connectivity index (χ4n) is 3.88. The van der Waals surface area contributed by atoms with Gasteiger partial charge in [0.1, 0.15) is 5.75 Å².